The molecular weight excluding hydrogens is 184 g/mol. The number of nitrogens with one attached hydrogen (secondary N) is 2. The van der Waals surface area contributed by atoms with E-state index in [1.165, 1.54) is 0 Å². The normalized spacial score (nSPS) is 20.5. The molecule has 1 aliphatic heterocycles. The van der Waals surface area contributed by atoms with E-state index in [1.54, 1.807) is 6.92 Å². The summed E-state index contributed by atoms with van der Waals surface area (Å²) in [6.45, 7) is 2.91. The Labute approximate surface area is 83.2 Å². The highest BCUT2D eigenvalue weighted by atomic mass is 16.5. The monoisotopic (exact) mass is 200 g/mol. The summed E-state index contributed by atoms with van der Waals surface area (Å²) in [7, 11) is 0. The lowest BCUT2D eigenvalue weighted by molar-refractivity contribution is -0.143. The number of esters is 1. The standard InChI is InChI=1S/C9H16N2O3/c1-2-14-8(12)6-11-9(13)7-4-3-5-10-7/h7,10H,2-6H2,1H3,(H,11,13)/t7-/m1/s1. The van der Waals surface area contributed by atoms with Gasteiger partial charge in [0.1, 0.15) is 6.54 Å². The van der Waals surface area contributed by atoms with Crippen LogP contribution >= 0.6 is 0 Å². The lowest BCUT2D eigenvalue weighted by atomic mass is 10.2. The Morgan fingerprint density at radius 2 is 2.36 bits per heavy atom. The zero-order chi connectivity index (χ0) is 10.4. The fourth-order valence-corrected chi connectivity index (χ4v) is 1.40. The summed E-state index contributed by atoms with van der Waals surface area (Å²) in [6.07, 6.45) is 1.85. The number of hydrogen-bond acceptors (Lipinski definition) is 4. The average molecular weight is 200 g/mol. The minimum absolute atomic E-state index is 0.0369. The van der Waals surface area contributed by atoms with Gasteiger partial charge in [-0.25, -0.2) is 0 Å². The van der Waals surface area contributed by atoms with Gasteiger partial charge < -0.3 is 15.4 Å². The number of hydrogen-bond donors (Lipinski definition) is 2. The quantitative estimate of drug-likeness (QED) is 0.596. The summed E-state index contributed by atoms with van der Waals surface area (Å²) >= 11 is 0. The van der Waals surface area contributed by atoms with Gasteiger partial charge in [-0.1, -0.05) is 0 Å². The lowest BCUT2D eigenvalue weighted by Crippen LogP contribution is -2.42. The maximum Gasteiger partial charge on any atom is 0.325 e. The first-order valence-electron chi connectivity index (χ1n) is 4.90. The van der Waals surface area contributed by atoms with Gasteiger partial charge in [0, 0.05) is 0 Å². The average Bonchev–Trinajstić information content (AvgIpc) is 2.67. The molecule has 1 aliphatic rings. The van der Waals surface area contributed by atoms with Crippen molar-refractivity contribution in [2.75, 3.05) is 19.7 Å². The molecular formula is C9H16N2O3. The lowest BCUT2D eigenvalue weighted by Gasteiger charge is -2.10. The molecule has 2 N–H and O–H groups in total. The molecule has 14 heavy (non-hydrogen) atoms. The molecule has 1 atom stereocenters. The Balaban J connectivity index is 2.17. The van der Waals surface area contributed by atoms with Crippen molar-refractivity contribution in [3.63, 3.8) is 0 Å². The van der Waals surface area contributed by atoms with Crippen molar-refractivity contribution in [2.24, 2.45) is 0 Å². The van der Waals surface area contributed by atoms with Gasteiger partial charge in [-0.2, -0.15) is 0 Å². The smallest absolute Gasteiger partial charge is 0.325 e. The second-order valence-electron chi connectivity index (χ2n) is 3.17. The largest absolute Gasteiger partial charge is 0.465 e. The van der Waals surface area contributed by atoms with E-state index in [2.05, 4.69) is 15.4 Å². The van der Waals surface area contributed by atoms with Crippen molar-refractivity contribution in [3.05, 3.63) is 0 Å². The SMILES string of the molecule is CCOC(=O)CNC(=O)[C@H]1CCCN1. The van der Waals surface area contributed by atoms with Gasteiger partial charge in [-0.3, -0.25) is 9.59 Å². The zero-order valence-electron chi connectivity index (χ0n) is 8.34. The Hall–Kier alpha value is -1.10. The van der Waals surface area contributed by atoms with Crippen LogP contribution in [0.2, 0.25) is 0 Å². The third kappa shape index (κ3) is 3.33. The summed E-state index contributed by atoms with van der Waals surface area (Å²) in [5.41, 5.74) is 0. The highest BCUT2D eigenvalue weighted by molar-refractivity contribution is 5.85. The first-order valence-corrected chi connectivity index (χ1v) is 4.90. The molecule has 0 aromatic carbocycles. The van der Waals surface area contributed by atoms with Crippen molar-refractivity contribution in [3.8, 4) is 0 Å². The molecule has 0 aromatic heterocycles. The first-order chi connectivity index (χ1) is 6.74. The van der Waals surface area contributed by atoms with E-state index in [0.717, 1.165) is 19.4 Å². The molecule has 1 saturated heterocycles. The maximum absolute atomic E-state index is 11.4. The van der Waals surface area contributed by atoms with Crippen LogP contribution in [0.3, 0.4) is 0 Å². The minimum Gasteiger partial charge on any atom is -0.465 e. The second kappa shape index (κ2) is 5.59. The van der Waals surface area contributed by atoms with Gasteiger partial charge in [0.05, 0.1) is 12.6 Å². The Kier molecular flexibility index (Phi) is 4.39. The molecule has 0 unspecified atom stereocenters. The Morgan fingerprint density at radius 3 is 2.93 bits per heavy atom. The Morgan fingerprint density at radius 1 is 1.57 bits per heavy atom. The number of carbonyl (C=O) groups excluding carboxylic acids is 2. The summed E-state index contributed by atoms with van der Waals surface area (Å²) in [6, 6.07) is -0.135. The second-order valence-corrected chi connectivity index (χ2v) is 3.17. The van der Waals surface area contributed by atoms with Crippen molar-refractivity contribution in [1.82, 2.24) is 10.6 Å². The van der Waals surface area contributed by atoms with E-state index in [0.29, 0.717) is 6.61 Å². The number of carbonyl (C=O) groups is 2. The number of ether oxygens (including phenoxy) is 1. The highest BCUT2D eigenvalue weighted by Crippen LogP contribution is 2.03. The molecule has 1 fully saturated rings. The fraction of sp³-hybridized carbons (Fsp3) is 0.778. The summed E-state index contributed by atoms with van der Waals surface area (Å²) in [5, 5.41) is 5.58. The molecule has 0 spiro atoms. The van der Waals surface area contributed by atoms with Crippen LogP contribution in [0.4, 0.5) is 0 Å². The fourth-order valence-electron chi connectivity index (χ4n) is 1.40. The molecule has 1 rings (SSSR count). The van der Waals surface area contributed by atoms with E-state index in [1.807, 2.05) is 0 Å². The molecule has 0 saturated carbocycles. The molecule has 1 heterocycles. The molecule has 0 radical (unpaired) electrons. The third-order valence-corrected chi connectivity index (χ3v) is 2.09. The van der Waals surface area contributed by atoms with E-state index < -0.39 is 0 Å². The molecule has 0 aromatic rings. The van der Waals surface area contributed by atoms with Crippen LogP contribution in [0.15, 0.2) is 0 Å². The molecule has 0 bridgehead atoms. The number of amides is 1. The zero-order valence-corrected chi connectivity index (χ0v) is 8.34. The predicted molar refractivity (Wildman–Crippen MR) is 50.7 cm³/mol. The van der Waals surface area contributed by atoms with Crippen molar-refractivity contribution in [1.29, 1.82) is 0 Å². The first kappa shape index (κ1) is 11.0. The van der Waals surface area contributed by atoms with Crippen LogP contribution in [0.5, 0.6) is 0 Å². The van der Waals surface area contributed by atoms with Crippen molar-refractivity contribution >= 4 is 11.9 Å². The van der Waals surface area contributed by atoms with Crippen LogP contribution in [0, 0.1) is 0 Å². The predicted octanol–water partition coefficient (Wildman–Crippen LogP) is -0.582. The molecule has 5 heteroatoms. The summed E-state index contributed by atoms with van der Waals surface area (Å²) in [5.74, 6) is -0.505. The molecule has 0 aliphatic carbocycles. The Bertz CT molecular complexity index is 212. The summed E-state index contributed by atoms with van der Waals surface area (Å²) in [4.78, 5) is 22.3. The van der Waals surface area contributed by atoms with Gasteiger partial charge >= 0.3 is 5.97 Å². The van der Waals surface area contributed by atoms with Gasteiger partial charge in [-0.15, -0.1) is 0 Å². The maximum atomic E-state index is 11.4. The van der Waals surface area contributed by atoms with E-state index in [9.17, 15) is 9.59 Å². The molecule has 1 amide bonds. The van der Waals surface area contributed by atoms with E-state index >= 15 is 0 Å². The van der Waals surface area contributed by atoms with Gasteiger partial charge in [0.2, 0.25) is 5.91 Å². The summed E-state index contributed by atoms with van der Waals surface area (Å²) < 4.78 is 4.68. The van der Waals surface area contributed by atoms with Gasteiger partial charge in [0.15, 0.2) is 0 Å². The molecule has 80 valence electrons. The van der Waals surface area contributed by atoms with Crippen molar-refractivity contribution < 1.29 is 14.3 Å². The molecule has 5 nitrogen and oxygen atoms in total. The minimum atomic E-state index is -0.390. The third-order valence-electron chi connectivity index (χ3n) is 2.09. The van der Waals surface area contributed by atoms with Crippen LogP contribution in [0.1, 0.15) is 19.8 Å². The van der Waals surface area contributed by atoms with E-state index in [4.69, 9.17) is 0 Å². The topological polar surface area (TPSA) is 67.4 Å². The van der Waals surface area contributed by atoms with Crippen LogP contribution < -0.4 is 10.6 Å². The van der Waals surface area contributed by atoms with Gasteiger partial charge in [-0.05, 0) is 26.3 Å². The van der Waals surface area contributed by atoms with Gasteiger partial charge in [0.25, 0.3) is 0 Å². The van der Waals surface area contributed by atoms with Crippen LogP contribution in [-0.4, -0.2) is 37.6 Å². The number of rotatable bonds is 4. The van der Waals surface area contributed by atoms with Crippen molar-refractivity contribution in [2.45, 2.75) is 25.8 Å². The highest BCUT2D eigenvalue weighted by Gasteiger charge is 2.21. The van der Waals surface area contributed by atoms with Crippen LogP contribution in [-0.2, 0) is 14.3 Å². The van der Waals surface area contributed by atoms with Crippen LogP contribution in [0.25, 0.3) is 0 Å². The van der Waals surface area contributed by atoms with E-state index in [-0.39, 0.29) is 24.5 Å².